The lowest BCUT2D eigenvalue weighted by molar-refractivity contribution is 0.0926. The zero-order valence-corrected chi connectivity index (χ0v) is 13.8. The van der Waals surface area contributed by atoms with Crippen molar-refractivity contribution in [2.24, 2.45) is 0 Å². The number of imidazole rings is 1. The molecule has 1 aliphatic rings. The number of fused-ring (bicyclic) bond motifs is 1. The number of ether oxygens (including phenoxy) is 1. The first-order chi connectivity index (χ1) is 10.2. The fraction of sp³-hybridized carbons (Fsp3) is 0.714. The van der Waals surface area contributed by atoms with Gasteiger partial charge in [0.2, 0.25) is 10.1 Å². The van der Waals surface area contributed by atoms with Gasteiger partial charge < -0.3 is 9.64 Å². The van der Waals surface area contributed by atoms with Gasteiger partial charge in [0.05, 0.1) is 18.5 Å². The van der Waals surface area contributed by atoms with E-state index in [2.05, 4.69) is 26.8 Å². The molecule has 1 saturated heterocycles. The summed E-state index contributed by atoms with van der Waals surface area (Å²) in [6, 6.07) is 0.525. The van der Waals surface area contributed by atoms with E-state index in [1.54, 1.807) is 11.3 Å². The molecule has 21 heavy (non-hydrogen) atoms. The molecule has 1 fully saturated rings. The van der Waals surface area contributed by atoms with Crippen molar-refractivity contribution < 1.29 is 4.74 Å². The number of aromatic nitrogens is 3. The Labute approximate surface area is 129 Å². The number of anilines is 1. The highest BCUT2D eigenvalue weighted by atomic mass is 32.1. The van der Waals surface area contributed by atoms with E-state index in [1.165, 1.54) is 0 Å². The lowest BCUT2D eigenvalue weighted by Crippen LogP contribution is -2.52. The molecule has 0 N–H and O–H groups in total. The predicted octanol–water partition coefficient (Wildman–Crippen LogP) is 1.65. The third-order valence-corrected chi connectivity index (χ3v) is 4.90. The molecule has 116 valence electrons. The minimum atomic E-state index is 0.525. The summed E-state index contributed by atoms with van der Waals surface area (Å²) in [6.45, 7) is 12.1. The van der Waals surface area contributed by atoms with Gasteiger partial charge in [0.1, 0.15) is 0 Å². The van der Waals surface area contributed by atoms with Crippen LogP contribution >= 0.6 is 11.3 Å². The van der Waals surface area contributed by atoms with Crippen LogP contribution in [0.25, 0.3) is 4.96 Å². The van der Waals surface area contributed by atoms with Gasteiger partial charge in [0.25, 0.3) is 0 Å². The summed E-state index contributed by atoms with van der Waals surface area (Å²) in [5.74, 6) is 0. The number of hydrogen-bond acceptors (Lipinski definition) is 6. The Morgan fingerprint density at radius 2 is 2.29 bits per heavy atom. The monoisotopic (exact) mass is 309 g/mol. The lowest BCUT2D eigenvalue weighted by atomic mass is 10.2. The Bertz CT molecular complexity index is 564. The maximum absolute atomic E-state index is 5.46. The standard InChI is InChI=1S/C14H23N5OS/c1-4-20-8-7-17-5-6-18(10-12(17)3)14-16-19-9-11(2)15-13(19)21-14/h9,12H,4-8,10H2,1-3H3/t12-/m0/s1. The van der Waals surface area contributed by atoms with Crippen molar-refractivity contribution in [3.8, 4) is 0 Å². The number of hydrogen-bond donors (Lipinski definition) is 0. The number of rotatable bonds is 5. The van der Waals surface area contributed by atoms with Gasteiger partial charge >= 0.3 is 0 Å². The minimum absolute atomic E-state index is 0.525. The van der Waals surface area contributed by atoms with Crippen molar-refractivity contribution in [3.05, 3.63) is 11.9 Å². The molecule has 1 atom stereocenters. The normalized spacial score (nSPS) is 20.5. The Kier molecular flexibility index (Phi) is 4.42. The first kappa shape index (κ1) is 14.7. The van der Waals surface area contributed by atoms with E-state index in [9.17, 15) is 0 Å². The summed E-state index contributed by atoms with van der Waals surface area (Å²) in [5, 5.41) is 5.73. The summed E-state index contributed by atoms with van der Waals surface area (Å²) < 4.78 is 7.35. The molecule has 0 unspecified atom stereocenters. The van der Waals surface area contributed by atoms with Gasteiger partial charge in [0.15, 0.2) is 0 Å². The van der Waals surface area contributed by atoms with E-state index in [0.717, 1.165) is 55.2 Å². The van der Waals surface area contributed by atoms with E-state index < -0.39 is 0 Å². The van der Waals surface area contributed by atoms with Gasteiger partial charge in [-0.2, -0.15) is 0 Å². The molecule has 3 heterocycles. The second-order valence-corrected chi connectivity index (χ2v) is 6.46. The second-order valence-electron chi connectivity index (χ2n) is 5.52. The van der Waals surface area contributed by atoms with Crippen molar-refractivity contribution in [3.63, 3.8) is 0 Å². The van der Waals surface area contributed by atoms with Crippen LogP contribution in [0.5, 0.6) is 0 Å². The van der Waals surface area contributed by atoms with Crippen molar-refractivity contribution in [2.75, 3.05) is 44.3 Å². The van der Waals surface area contributed by atoms with Gasteiger partial charge in [0, 0.05) is 38.8 Å². The second kappa shape index (κ2) is 6.29. The SMILES string of the molecule is CCOCCN1CCN(c2nn3cc(C)nc3s2)C[C@@H]1C. The van der Waals surface area contributed by atoms with E-state index in [1.807, 2.05) is 24.6 Å². The van der Waals surface area contributed by atoms with Crippen LogP contribution in [0.2, 0.25) is 0 Å². The van der Waals surface area contributed by atoms with Crippen LogP contribution < -0.4 is 4.90 Å². The van der Waals surface area contributed by atoms with Crippen LogP contribution in [0.15, 0.2) is 6.20 Å². The highest BCUT2D eigenvalue weighted by Crippen LogP contribution is 2.25. The predicted molar refractivity (Wildman–Crippen MR) is 85.3 cm³/mol. The smallest absolute Gasteiger partial charge is 0.214 e. The molecule has 2 aromatic rings. The fourth-order valence-electron chi connectivity index (χ4n) is 2.75. The first-order valence-corrected chi connectivity index (χ1v) is 8.38. The first-order valence-electron chi connectivity index (χ1n) is 7.57. The molecule has 0 aromatic carbocycles. The van der Waals surface area contributed by atoms with Crippen LogP contribution in [0.3, 0.4) is 0 Å². The lowest BCUT2D eigenvalue weighted by Gasteiger charge is -2.39. The topological polar surface area (TPSA) is 45.9 Å². The maximum Gasteiger partial charge on any atom is 0.214 e. The molecular weight excluding hydrogens is 286 g/mol. The van der Waals surface area contributed by atoms with Gasteiger partial charge in [-0.3, -0.25) is 4.90 Å². The summed E-state index contributed by atoms with van der Waals surface area (Å²) in [6.07, 6.45) is 1.98. The molecule has 7 heteroatoms. The molecule has 3 rings (SSSR count). The Morgan fingerprint density at radius 3 is 3.00 bits per heavy atom. The van der Waals surface area contributed by atoms with Gasteiger partial charge in [-0.1, -0.05) is 11.3 Å². The summed E-state index contributed by atoms with van der Waals surface area (Å²) >= 11 is 1.67. The highest BCUT2D eigenvalue weighted by Gasteiger charge is 2.25. The van der Waals surface area contributed by atoms with Gasteiger partial charge in [-0.15, -0.1) is 5.10 Å². The fourth-order valence-corrected chi connectivity index (χ4v) is 3.72. The number of nitrogens with zero attached hydrogens (tertiary/aromatic N) is 5. The Hall–Kier alpha value is -1.18. The van der Waals surface area contributed by atoms with E-state index in [0.29, 0.717) is 6.04 Å². The van der Waals surface area contributed by atoms with Crippen molar-refractivity contribution in [2.45, 2.75) is 26.8 Å². The molecule has 0 spiro atoms. The third-order valence-electron chi connectivity index (χ3n) is 3.92. The van der Waals surface area contributed by atoms with Crippen LogP contribution in [-0.2, 0) is 4.74 Å². The average Bonchev–Trinajstić information content (AvgIpc) is 2.98. The molecule has 6 nitrogen and oxygen atoms in total. The third kappa shape index (κ3) is 3.20. The van der Waals surface area contributed by atoms with Crippen molar-refractivity contribution in [1.82, 2.24) is 19.5 Å². The average molecular weight is 309 g/mol. The Morgan fingerprint density at radius 1 is 1.43 bits per heavy atom. The maximum atomic E-state index is 5.46. The largest absolute Gasteiger partial charge is 0.380 e. The number of piperazine rings is 1. The quantitative estimate of drug-likeness (QED) is 0.786. The van der Waals surface area contributed by atoms with Crippen LogP contribution in [0.1, 0.15) is 19.5 Å². The van der Waals surface area contributed by atoms with E-state index in [4.69, 9.17) is 4.74 Å². The molecule has 0 saturated carbocycles. The summed E-state index contributed by atoms with van der Waals surface area (Å²) in [4.78, 5) is 10.3. The highest BCUT2D eigenvalue weighted by molar-refractivity contribution is 7.20. The van der Waals surface area contributed by atoms with Crippen molar-refractivity contribution >= 4 is 21.4 Å². The molecule has 0 amide bonds. The molecule has 0 bridgehead atoms. The van der Waals surface area contributed by atoms with Crippen LogP contribution in [0.4, 0.5) is 5.13 Å². The van der Waals surface area contributed by atoms with E-state index >= 15 is 0 Å². The Balaban J connectivity index is 1.62. The molecular formula is C14H23N5OS. The molecule has 0 aliphatic carbocycles. The van der Waals surface area contributed by atoms with Crippen molar-refractivity contribution in [1.29, 1.82) is 0 Å². The zero-order valence-electron chi connectivity index (χ0n) is 12.9. The summed E-state index contributed by atoms with van der Waals surface area (Å²) in [7, 11) is 0. The summed E-state index contributed by atoms with van der Waals surface area (Å²) in [5.41, 5.74) is 1.02. The molecule has 1 aliphatic heterocycles. The zero-order chi connectivity index (χ0) is 14.8. The van der Waals surface area contributed by atoms with Crippen LogP contribution in [-0.4, -0.2) is 64.9 Å². The molecule has 2 aromatic heterocycles. The van der Waals surface area contributed by atoms with Crippen LogP contribution in [0, 0.1) is 6.92 Å². The van der Waals surface area contributed by atoms with E-state index in [-0.39, 0.29) is 0 Å². The van der Waals surface area contributed by atoms with Gasteiger partial charge in [-0.05, 0) is 20.8 Å². The molecule has 0 radical (unpaired) electrons. The van der Waals surface area contributed by atoms with Gasteiger partial charge in [-0.25, -0.2) is 9.50 Å². The number of aryl methyl sites for hydroxylation is 1. The minimum Gasteiger partial charge on any atom is -0.380 e.